The summed E-state index contributed by atoms with van der Waals surface area (Å²) in [5, 5.41) is 2.36. The first kappa shape index (κ1) is 32.5. The molecule has 0 spiro atoms. The van der Waals surface area contributed by atoms with Crippen molar-refractivity contribution in [3.05, 3.63) is 77.2 Å². The zero-order valence-electron chi connectivity index (χ0n) is 24.9. The summed E-state index contributed by atoms with van der Waals surface area (Å²) in [6, 6.07) is 13.9. The number of halogens is 3. The molecule has 45 heavy (non-hydrogen) atoms. The van der Waals surface area contributed by atoms with Crippen molar-refractivity contribution >= 4 is 45.1 Å². The van der Waals surface area contributed by atoms with Crippen molar-refractivity contribution in [2.75, 3.05) is 42.5 Å². The van der Waals surface area contributed by atoms with E-state index in [0.717, 1.165) is 0 Å². The molecule has 11 nitrogen and oxygen atoms in total. The molecule has 2 aliphatic heterocycles. The Morgan fingerprint density at radius 2 is 1.64 bits per heavy atom. The lowest BCUT2D eigenvalue weighted by molar-refractivity contribution is -0.117. The van der Waals surface area contributed by atoms with Crippen LogP contribution < -0.4 is 15.1 Å². The van der Waals surface area contributed by atoms with Gasteiger partial charge in [0.1, 0.15) is 17.1 Å². The van der Waals surface area contributed by atoms with Crippen molar-refractivity contribution in [3.63, 3.8) is 0 Å². The highest BCUT2D eigenvalue weighted by molar-refractivity contribution is 7.89. The van der Waals surface area contributed by atoms with E-state index in [1.807, 2.05) is 0 Å². The molecule has 3 aromatic rings. The maximum absolute atomic E-state index is 15.2. The van der Waals surface area contributed by atoms with Crippen LogP contribution in [0.3, 0.4) is 0 Å². The number of alkyl halides is 2. The number of hydrogen-bond acceptors (Lipinski definition) is 8. The minimum Gasteiger partial charge on any atom is -0.444 e. The minimum atomic E-state index is -3.89. The van der Waals surface area contributed by atoms with Gasteiger partial charge in [0, 0.05) is 56.5 Å². The van der Waals surface area contributed by atoms with Crippen LogP contribution in [0.2, 0.25) is 5.28 Å². The van der Waals surface area contributed by atoms with Gasteiger partial charge in [-0.2, -0.15) is 13.1 Å². The number of aromatic nitrogens is 2. The monoisotopic (exact) mass is 662 g/mol. The molecule has 5 rings (SSSR count). The van der Waals surface area contributed by atoms with Crippen molar-refractivity contribution in [1.29, 1.82) is 0 Å². The van der Waals surface area contributed by atoms with Gasteiger partial charge in [-0.05, 0) is 56.6 Å². The van der Waals surface area contributed by atoms with E-state index in [4.69, 9.17) is 16.3 Å². The fraction of sp³-hybridized carbons (Fsp3) is 0.400. The summed E-state index contributed by atoms with van der Waals surface area (Å²) in [5.41, 5.74) is -0.962. The average Bonchev–Trinajstić information content (AvgIpc) is 3.35. The van der Waals surface area contributed by atoms with Crippen LogP contribution in [0, 0.1) is 0 Å². The lowest BCUT2D eigenvalue weighted by atomic mass is 10.1. The number of sulfonamides is 1. The van der Waals surface area contributed by atoms with E-state index >= 15 is 8.78 Å². The van der Waals surface area contributed by atoms with E-state index < -0.39 is 39.4 Å². The van der Waals surface area contributed by atoms with Crippen LogP contribution >= 0.6 is 11.6 Å². The Bertz CT molecular complexity index is 1660. The van der Waals surface area contributed by atoms with Gasteiger partial charge in [0.2, 0.25) is 21.2 Å². The van der Waals surface area contributed by atoms with Crippen LogP contribution in [0.1, 0.15) is 38.4 Å². The molecule has 240 valence electrons. The average molecular weight is 663 g/mol. The molecule has 1 unspecified atom stereocenters. The first-order valence-corrected chi connectivity index (χ1v) is 16.1. The molecule has 2 saturated heterocycles. The molecule has 2 aliphatic rings. The van der Waals surface area contributed by atoms with E-state index in [1.54, 1.807) is 43.9 Å². The number of nitrogens with one attached hydrogen (secondary N) is 1. The van der Waals surface area contributed by atoms with Gasteiger partial charge < -0.3 is 19.9 Å². The number of rotatable bonds is 7. The lowest BCUT2D eigenvalue weighted by Crippen LogP contribution is -2.49. The number of alkyl carbamates (subject to hydrolysis) is 1. The Morgan fingerprint density at radius 3 is 2.27 bits per heavy atom. The van der Waals surface area contributed by atoms with Gasteiger partial charge in [0.05, 0.1) is 10.9 Å². The van der Waals surface area contributed by atoms with Crippen LogP contribution in [0.4, 0.5) is 25.1 Å². The van der Waals surface area contributed by atoms with Crippen molar-refractivity contribution in [2.45, 2.75) is 49.7 Å². The van der Waals surface area contributed by atoms with Gasteiger partial charge in [-0.15, -0.1) is 0 Å². The Hall–Kier alpha value is -3.88. The molecule has 2 aromatic carbocycles. The molecule has 1 atom stereocenters. The number of carbonyl (C=O) groups is 2. The highest BCUT2D eigenvalue weighted by Gasteiger charge is 2.38. The predicted molar refractivity (Wildman–Crippen MR) is 164 cm³/mol. The zero-order valence-corrected chi connectivity index (χ0v) is 26.5. The van der Waals surface area contributed by atoms with Crippen LogP contribution in [-0.2, 0) is 25.5 Å². The number of ether oxygens (including phenoxy) is 1. The van der Waals surface area contributed by atoms with Crippen molar-refractivity contribution < 1.29 is 31.5 Å². The van der Waals surface area contributed by atoms with Crippen LogP contribution in [0.5, 0.6) is 0 Å². The van der Waals surface area contributed by atoms with E-state index in [2.05, 4.69) is 15.3 Å². The summed E-state index contributed by atoms with van der Waals surface area (Å²) in [4.78, 5) is 35.9. The maximum atomic E-state index is 15.2. The largest absolute Gasteiger partial charge is 0.444 e. The molecular weight excluding hydrogens is 630 g/mol. The molecule has 15 heteroatoms. The quantitative estimate of drug-likeness (QED) is 0.369. The first-order valence-electron chi connectivity index (χ1n) is 14.3. The Balaban J connectivity index is 1.22. The third-order valence-electron chi connectivity index (χ3n) is 7.34. The van der Waals surface area contributed by atoms with Crippen LogP contribution in [0.15, 0.2) is 65.6 Å². The summed E-state index contributed by atoms with van der Waals surface area (Å²) in [6.45, 7) is 6.00. The molecular formula is C30H33ClF2N6O5S. The smallest absolute Gasteiger partial charge is 0.407 e. The van der Waals surface area contributed by atoms with Crippen LogP contribution in [0.25, 0.3) is 0 Å². The molecule has 0 bridgehead atoms. The van der Waals surface area contributed by atoms with Gasteiger partial charge in [0.25, 0.3) is 0 Å². The molecule has 0 saturated carbocycles. The van der Waals surface area contributed by atoms with E-state index in [9.17, 15) is 18.0 Å². The molecule has 2 fully saturated rings. The highest BCUT2D eigenvalue weighted by Crippen LogP contribution is 2.36. The Labute approximate surface area is 265 Å². The molecule has 0 aliphatic carbocycles. The second-order valence-corrected chi connectivity index (χ2v) is 14.0. The van der Waals surface area contributed by atoms with Gasteiger partial charge in [-0.3, -0.25) is 4.79 Å². The summed E-state index contributed by atoms with van der Waals surface area (Å²) >= 11 is 6.03. The van der Waals surface area contributed by atoms with Gasteiger partial charge in [-0.1, -0.05) is 30.3 Å². The standard InChI is InChI=1S/C30H33ClF2N6O5S/c1-29(2,3)44-28(41)34-21-17-26(40)39(19-21)22-9-11-23(12-10-22)45(42,43)38-15-13-37(14-16-38)25-18-24(35-27(31)36-25)30(32,33)20-7-5-4-6-8-20/h4-12,18,21H,13-17,19H2,1-3H3,(H,34,41). The Kier molecular flexibility index (Phi) is 9.02. The van der Waals surface area contributed by atoms with Crippen molar-refractivity contribution in [3.8, 4) is 0 Å². The SMILES string of the molecule is CC(C)(C)OC(=O)NC1CC(=O)N(c2ccc(S(=O)(=O)N3CCN(c4cc(C(F)(F)c5ccccc5)nc(Cl)n4)CC3)cc2)C1. The third kappa shape index (κ3) is 7.34. The fourth-order valence-electron chi connectivity index (χ4n) is 5.16. The number of hydrogen-bond donors (Lipinski definition) is 1. The number of benzene rings is 2. The number of amides is 2. The first-order chi connectivity index (χ1) is 21.1. The van der Waals surface area contributed by atoms with Gasteiger partial charge >= 0.3 is 12.0 Å². The number of nitrogens with zero attached hydrogens (tertiary/aromatic N) is 5. The van der Waals surface area contributed by atoms with E-state index in [-0.39, 0.29) is 66.6 Å². The summed E-state index contributed by atoms with van der Waals surface area (Å²) in [7, 11) is -3.89. The number of piperazine rings is 1. The number of carbonyl (C=O) groups excluding carboxylic acids is 2. The molecule has 1 aromatic heterocycles. The molecule has 2 amide bonds. The second kappa shape index (κ2) is 12.5. The van der Waals surface area contributed by atoms with Crippen molar-refractivity contribution in [2.24, 2.45) is 0 Å². The maximum Gasteiger partial charge on any atom is 0.407 e. The molecule has 1 N–H and O–H groups in total. The van der Waals surface area contributed by atoms with Crippen molar-refractivity contribution in [1.82, 2.24) is 19.6 Å². The minimum absolute atomic E-state index is 0.0460. The van der Waals surface area contributed by atoms with E-state index in [1.165, 1.54) is 51.7 Å². The zero-order chi connectivity index (χ0) is 32.6. The summed E-state index contributed by atoms with van der Waals surface area (Å²) < 4.78 is 63.8. The van der Waals surface area contributed by atoms with Crippen LogP contribution in [-0.4, -0.2) is 79.1 Å². The Morgan fingerprint density at radius 1 is 1.00 bits per heavy atom. The lowest BCUT2D eigenvalue weighted by Gasteiger charge is -2.35. The summed E-state index contributed by atoms with van der Waals surface area (Å²) in [6.07, 6.45) is -0.524. The highest BCUT2D eigenvalue weighted by atomic mass is 35.5. The van der Waals surface area contributed by atoms with Gasteiger partial charge in [-0.25, -0.2) is 23.2 Å². The number of anilines is 2. The molecule has 0 radical (unpaired) electrons. The fourth-order valence-corrected chi connectivity index (χ4v) is 6.76. The van der Waals surface area contributed by atoms with Gasteiger partial charge in [0.15, 0.2) is 0 Å². The summed E-state index contributed by atoms with van der Waals surface area (Å²) in [5.74, 6) is -3.44. The predicted octanol–water partition coefficient (Wildman–Crippen LogP) is 4.41. The molecule has 3 heterocycles. The second-order valence-electron chi connectivity index (χ2n) is 11.8. The third-order valence-corrected chi connectivity index (χ3v) is 9.42. The normalized spacial score (nSPS) is 18.3. The van der Waals surface area contributed by atoms with E-state index in [0.29, 0.717) is 5.69 Å². The topological polar surface area (TPSA) is 125 Å².